The molecule has 0 amide bonds. The van der Waals surface area contributed by atoms with Crippen molar-refractivity contribution in [2.24, 2.45) is 29.6 Å². The van der Waals surface area contributed by atoms with Crippen LogP contribution < -0.4 is 0 Å². The predicted molar refractivity (Wildman–Crippen MR) is 139 cm³/mol. The summed E-state index contributed by atoms with van der Waals surface area (Å²) >= 11 is 0. The van der Waals surface area contributed by atoms with E-state index < -0.39 is 23.9 Å². The maximum Gasteiger partial charge on any atom is 0.335 e. The molecule has 2 aliphatic carbocycles. The Balaban J connectivity index is 1.70. The molecule has 2 heterocycles. The lowest BCUT2D eigenvalue weighted by Crippen LogP contribution is -2.46. The summed E-state index contributed by atoms with van der Waals surface area (Å²) < 4.78 is 24.6. The van der Waals surface area contributed by atoms with E-state index in [-0.39, 0.29) is 54.2 Å². The molecule has 4 rings (SSSR count). The van der Waals surface area contributed by atoms with Crippen molar-refractivity contribution in [3.63, 3.8) is 0 Å². The van der Waals surface area contributed by atoms with Crippen molar-refractivity contribution in [2.45, 2.75) is 83.9 Å². The smallest absolute Gasteiger partial charge is 0.335 e. The van der Waals surface area contributed by atoms with Crippen LogP contribution in [0, 0.1) is 29.6 Å². The minimum atomic E-state index is -0.711. The fourth-order valence-corrected chi connectivity index (χ4v) is 6.44. The molecule has 2 bridgehead atoms. The zero-order valence-corrected chi connectivity index (χ0v) is 22.9. The van der Waals surface area contributed by atoms with Gasteiger partial charge in [0, 0.05) is 43.0 Å². The third-order valence-electron chi connectivity index (χ3n) is 8.57. The molecular formula is C30H42O7. The number of allylic oxidation sites excluding steroid dienone is 3. The lowest BCUT2D eigenvalue weighted by atomic mass is 9.69. The Kier molecular flexibility index (Phi) is 8.46. The third kappa shape index (κ3) is 5.36. The molecule has 0 aromatic carbocycles. The van der Waals surface area contributed by atoms with Crippen molar-refractivity contribution in [3.8, 4) is 0 Å². The monoisotopic (exact) mass is 514 g/mol. The van der Waals surface area contributed by atoms with Gasteiger partial charge in [-0.1, -0.05) is 64.2 Å². The van der Waals surface area contributed by atoms with Crippen molar-refractivity contribution in [1.29, 1.82) is 0 Å². The van der Waals surface area contributed by atoms with Gasteiger partial charge in [0.05, 0.1) is 5.60 Å². The van der Waals surface area contributed by atoms with E-state index in [0.29, 0.717) is 24.8 Å². The van der Waals surface area contributed by atoms with Gasteiger partial charge in [-0.3, -0.25) is 0 Å². The standard InChI is InChI=1S/C30H42O7/c1-17(2)25-18(3)13-20(5)30-15-22(11-12-23(30)14-24(34-6)29(33)35-25)27(37-30)26(19(4)16-31)36-28(32)21-9-7-8-10-21/h7-9,11-13,17-19,22-27,31H,10,14-16H2,1-6H3/b20-13+/t18-,19-,22-,23-,24+,25-,26-,27-,30+/m1/s1. The molecule has 2 aliphatic heterocycles. The fraction of sp³-hybridized carbons (Fsp3) is 0.667. The zero-order chi connectivity index (χ0) is 26.9. The van der Waals surface area contributed by atoms with Gasteiger partial charge in [-0.05, 0) is 37.7 Å². The van der Waals surface area contributed by atoms with Crippen LogP contribution >= 0.6 is 0 Å². The van der Waals surface area contributed by atoms with Gasteiger partial charge in [0.1, 0.15) is 18.3 Å². The number of aliphatic hydroxyl groups is 1. The second-order valence-corrected chi connectivity index (χ2v) is 11.5. The van der Waals surface area contributed by atoms with Gasteiger partial charge < -0.3 is 24.1 Å². The van der Waals surface area contributed by atoms with Gasteiger partial charge in [-0.25, -0.2) is 9.59 Å². The normalized spacial score (nSPS) is 38.3. The number of carbonyl (C=O) groups is 2. The molecule has 37 heavy (non-hydrogen) atoms. The Hall–Kier alpha value is -2.22. The number of methoxy groups -OCH3 is 1. The van der Waals surface area contributed by atoms with Crippen LogP contribution in [0.4, 0.5) is 0 Å². The SMILES string of the molecule is CO[C@H]1C[C@H]2C=C[C@@H]3C[C@]2(O[C@H]3[C@H](OC(=O)C2=CC=CC2)[C@H](C)CO)/C(C)=C/[C@@H](C)[C@@H](C(C)C)OC1=O. The number of hydrogen-bond donors (Lipinski definition) is 1. The Morgan fingerprint density at radius 2 is 2.00 bits per heavy atom. The predicted octanol–water partition coefficient (Wildman–Crippen LogP) is 4.31. The molecule has 7 nitrogen and oxygen atoms in total. The van der Waals surface area contributed by atoms with Gasteiger partial charge in [-0.2, -0.15) is 0 Å². The number of cyclic esters (lactones) is 1. The molecule has 0 aromatic heterocycles. The van der Waals surface area contributed by atoms with Crippen LogP contribution in [0.25, 0.3) is 0 Å². The third-order valence-corrected chi connectivity index (χ3v) is 8.57. The summed E-state index contributed by atoms with van der Waals surface area (Å²) in [5.74, 6) is -1.01. The molecule has 9 atom stereocenters. The number of fused-ring (bicyclic) bond motifs is 1. The van der Waals surface area contributed by atoms with Crippen LogP contribution in [0.3, 0.4) is 0 Å². The number of aliphatic hydroxyl groups excluding tert-OH is 1. The average molecular weight is 515 g/mol. The summed E-state index contributed by atoms with van der Waals surface area (Å²) in [4.78, 5) is 26.1. The first kappa shape index (κ1) is 27.8. The minimum absolute atomic E-state index is 0.00849. The molecule has 4 aliphatic rings. The first-order valence-electron chi connectivity index (χ1n) is 13.6. The summed E-state index contributed by atoms with van der Waals surface area (Å²) in [5, 5.41) is 10.1. The van der Waals surface area contributed by atoms with E-state index >= 15 is 0 Å². The zero-order valence-electron chi connectivity index (χ0n) is 22.9. The summed E-state index contributed by atoms with van der Waals surface area (Å²) in [5.41, 5.74) is 1.03. The van der Waals surface area contributed by atoms with Crippen LogP contribution in [0.2, 0.25) is 0 Å². The number of esters is 2. The van der Waals surface area contributed by atoms with Crippen LogP contribution in [0.5, 0.6) is 0 Å². The summed E-state index contributed by atoms with van der Waals surface area (Å²) in [6.07, 6.45) is 11.6. The van der Waals surface area contributed by atoms with Crippen LogP contribution in [-0.4, -0.2) is 60.8 Å². The largest absolute Gasteiger partial charge is 0.460 e. The average Bonchev–Trinajstić information content (AvgIpc) is 3.51. The molecular weight excluding hydrogens is 472 g/mol. The Bertz CT molecular complexity index is 992. The number of ether oxygens (including phenoxy) is 4. The van der Waals surface area contributed by atoms with Gasteiger partial charge >= 0.3 is 11.9 Å². The fourth-order valence-electron chi connectivity index (χ4n) is 6.44. The van der Waals surface area contributed by atoms with E-state index in [9.17, 15) is 14.7 Å². The van der Waals surface area contributed by atoms with E-state index in [1.165, 1.54) is 0 Å². The van der Waals surface area contributed by atoms with Crippen molar-refractivity contribution in [2.75, 3.05) is 13.7 Å². The first-order chi connectivity index (χ1) is 17.6. The summed E-state index contributed by atoms with van der Waals surface area (Å²) in [6, 6.07) is 0. The van der Waals surface area contributed by atoms with E-state index in [2.05, 4.69) is 45.9 Å². The summed E-state index contributed by atoms with van der Waals surface area (Å²) in [6.45, 7) is 10.0. The Labute approximate surface area is 220 Å². The van der Waals surface area contributed by atoms with Crippen LogP contribution in [-0.2, 0) is 28.5 Å². The molecule has 1 saturated heterocycles. The number of rotatable bonds is 7. The Morgan fingerprint density at radius 3 is 2.62 bits per heavy atom. The molecule has 1 fully saturated rings. The highest BCUT2D eigenvalue weighted by molar-refractivity contribution is 5.90. The van der Waals surface area contributed by atoms with Crippen LogP contribution in [0.1, 0.15) is 53.9 Å². The highest BCUT2D eigenvalue weighted by atomic mass is 16.6. The van der Waals surface area contributed by atoms with E-state index in [1.807, 2.05) is 19.1 Å². The minimum Gasteiger partial charge on any atom is -0.460 e. The highest BCUT2D eigenvalue weighted by Gasteiger charge is 2.57. The van der Waals surface area contributed by atoms with Crippen molar-refractivity contribution < 1.29 is 33.6 Å². The molecule has 0 saturated carbocycles. The Morgan fingerprint density at radius 1 is 1.24 bits per heavy atom. The molecule has 0 aromatic rings. The maximum atomic E-state index is 13.1. The number of carbonyl (C=O) groups excluding carboxylic acids is 2. The van der Waals surface area contributed by atoms with Gasteiger partial charge in [0.2, 0.25) is 0 Å². The molecule has 204 valence electrons. The van der Waals surface area contributed by atoms with Crippen molar-refractivity contribution >= 4 is 11.9 Å². The lowest BCUT2D eigenvalue weighted by molar-refractivity contribution is -0.172. The second kappa shape index (κ2) is 11.3. The molecule has 0 unspecified atom stereocenters. The van der Waals surface area contributed by atoms with Gasteiger partial charge in [-0.15, -0.1) is 0 Å². The van der Waals surface area contributed by atoms with E-state index in [0.717, 1.165) is 5.57 Å². The molecule has 1 spiro atoms. The van der Waals surface area contributed by atoms with E-state index in [1.54, 1.807) is 13.2 Å². The first-order valence-corrected chi connectivity index (χ1v) is 13.6. The van der Waals surface area contributed by atoms with Crippen molar-refractivity contribution in [3.05, 3.63) is 47.6 Å². The molecule has 1 N–H and O–H groups in total. The lowest BCUT2D eigenvalue weighted by Gasteiger charge is -2.41. The summed E-state index contributed by atoms with van der Waals surface area (Å²) in [7, 11) is 1.54. The topological polar surface area (TPSA) is 91.3 Å². The maximum absolute atomic E-state index is 13.1. The van der Waals surface area contributed by atoms with Crippen LogP contribution in [0.15, 0.2) is 47.6 Å². The van der Waals surface area contributed by atoms with E-state index in [4.69, 9.17) is 18.9 Å². The molecule has 0 radical (unpaired) electrons. The highest BCUT2D eigenvalue weighted by Crippen LogP contribution is 2.53. The molecule has 7 heteroatoms. The number of hydrogen-bond acceptors (Lipinski definition) is 7. The van der Waals surface area contributed by atoms with Gasteiger partial charge in [0.15, 0.2) is 6.10 Å². The second-order valence-electron chi connectivity index (χ2n) is 11.5. The van der Waals surface area contributed by atoms with Gasteiger partial charge in [0.25, 0.3) is 0 Å². The van der Waals surface area contributed by atoms with Crippen molar-refractivity contribution in [1.82, 2.24) is 0 Å². The quantitative estimate of drug-likeness (QED) is 0.400.